The summed E-state index contributed by atoms with van der Waals surface area (Å²) < 4.78 is 22.2. The Hall–Kier alpha value is -3.70. The summed E-state index contributed by atoms with van der Waals surface area (Å²) in [7, 11) is 0. The molecule has 0 aliphatic heterocycles. The number of hydrogen-bond donors (Lipinski definition) is 0. The first kappa shape index (κ1) is 21.5. The van der Waals surface area contributed by atoms with Crippen LogP contribution in [0, 0.1) is 5.82 Å². The fraction of sp³-hybridized carbons (Fsp3) is 0.0769. The zero-order chi connectivity index (χ0) is 22.8. The lowest BCUT2D eigenvalue weighted by Crippen LogP contribution is -2.17. The van der Waals surface area contributed by atoms with Gasteiger partial charge in [0.1, 0.15) is 17.2 Å². The number of rotatable bonds is 6. The molecule has 2 heterocycles. The number of aliphatic imine (C=N–C) groups is 1. The van der Waals surface area contributed by atoms with Gasteiger partial charge in [0.2, 0.25) is 5.43 Å². The normalized spacial score (nSPS) is 12.7. The van der Waals surface area contributed by atoms with Crippen molar-refractivity contribution in [2.24, 2.45) is 4.99 Å². The summed E-state index contributed by atoms with van der Waals surface area (Å²) >= 11 is 6.44. The van der Waals surface area contributed by atoms with E-state index in [0.717, 1.165) is 5.56 Å². The molecule has 160 valence electrons. The van der Waals surface area contributed by atoms with E-state index in [1.165, 1.54) is 18.3 Å². The molecule has 0 amide bonds. The lowest BCUT2D eigenvalue weighted by Gasteiger charge is -2.20. The molecule has 2 aromatic carbocycles. The van der Waals surface area contributed by atoms with E-state index in [0.29, 0.717) is 33.6 Å². The summed E-state index contributed by atoms with van der Waals surface area (Å²) in [4.78, 5) is 17.6. The average Bonchev–Trinajstić information content (AvgIpc) is 3.23. The molecule has 0 fully saturated rings. The zero-order valence-corrected chi connectivity index (χ0v) is 18.1. The van der Waals surface area contributed by atoms with Crippen molar-refractivity contribution >= 4 is 33.8 Å². The molecule has 0 saturated carbocycles. The van der Waals surface area contributed by atoms with E-state index in [9.17, 15) is 9.18 Å². The van der Waals surface area contributed by atoms with Gasteiger partial charge in [0.15, 0.2) is 5.17 Å². The Labute approximate surface area is 189 Å². The third-order valence-electron chi connectivity index (χ3n) is 5.30. The first-order chi connectivity index (χ1) is 15.5. The van der Waals surface area contributed by atoms with Gasteiger partial charge in [-0.3, -0.25) is 4.79 Å². The van der Waals surface area contributed by atoms with Gasteiger partial charge in [-0.15, -0.1) is 0 Å². The van der Waals surface area contributed by atoms with Crippen LogP contribution in [0.15, 0.2) is 94.4 Å². The van der Waals surface area contributed by atoms with Gasteiger partial charge in [0, 0.05) is 18.0 Å². The quantitative estimate of drug-likeness (QED) is 0.306. The van der Waals surface area contributed by atoms with Gasteiger partial charge in [0.25, 0.3) is 0 Å². The Bertz CT molecular complexity index is 1430. The maximum Gasteiger partial charge on any atom is 0.200 e. The van der Waals surface area contributed by atoms with Gasteiger partial charge in [-0.1, -0.05) is 55.1 Å². The van der Waals surface area contributed by atoms with Crippen LogP contribution in [0.5, 0.6) is 0 Å². The van der Waals surface area contributed by atoms with Crippen molar-refractivity contribution in [2.45, 2.75) is 13.0 Å². The Morgan fingerprint density at radius 2 is 1.97 bits per heavy atom. The van der Waals surface area contributed by atoms with Gasteiger partial charge in [-0.25, -0.2) is 9.38 Å². The predicted octanol–water partition coefficient (Wildman–Crippen LogP) is 6.78. The first-order valence-corrected chi connectivity index (χ1v) is 10.3. The third-order valence-corrected chi connectivity index (χ3v) is 5.58. The maximum atomic E-state index is 14.1. The monoisotopic (exact) mass is 446 g/mol. The van der Waals surface area contributed by atoms with Gasteiger partial charge in [-0.05, 0) is 42.8 Å². The smallest absolute Gasteiger partial charge is 0.200 e. The van der Waals surface area contributed by atoms with Crippen LogP contribution < -0.4 is 5.43 Å². The summed E-state index contributed by atoms with van der Waals surface area (Å²) in [6.45, 7) is 9.32. The molecule has 32 heavy (non-hydrogen) atoms. The second-order valence-corrected chi connectivity index (χ2v) is 7.54. The second kappa shape index (κ2) is 8.81. The lowest BCUT2D eigenvalue weighted by atomic mass is 9.99. The highest BCUT2D eigenvalue weighted by Crippen LogP contribution is 2.33. The molecule has 2 aromatic heterocycles. The highest BCUT2D eigenvalue weighted by atomic mass is 35.5. The molecule has 4 aromatic rings. The Kier molecular flexibility index (Phi) is 5.93. The molecule has 0 N–H and O–H groups in total. The van der Waals surface area contributed by atoms with E-state index in [1.807, 2.05) is 23.8 Å². The summed E-state index contributed by atoms with van der Waals surface area (Å²) in [5.41, 5.74) is 2.32. The molecule has 1 unspecified atom stereocenters. The van der Waals surface area contributed by atoms with E-state index >= 15 is 0 Å². The van der Waals surface area contributed by atoms with Crippen LogP contribution in [-0.4, -0.2) is 9.74 Å². The van der Waals surface area contributed by atoms with Gasteiger partial charge in [-0.2, -0.15) is 0 Å². The lowest BCUT2D eigenvalue weighted by molar-refractivity contribution is 0.463. The van der Waals surface area contributed by atoms with Crippen LogP contribution in [0.1, 0.15) is 30.0 Å². The molecule has 0 aliphatic rings. The van der Waals surface area contributed by atoms with Crippen LogP contribution in [-0.2, 0) is 0 Å². The van der Waals surface area contributed by atoms with Crippen molar-refractivity contribution in [3.05, 3.63) is 113 Å². The number of hydrogen-bond acceptors (Lipinski definition) is 3. The molecule has 0 radical (unpaired) electrons. The highest BCUT2D eigenvalue weighted by molar-refractivity contribution is 6.69. The maximum absolute atomic E-state index is 14.1. The van der Waals surface area contributed by atoms with E-state index in [-0.39, 0.29) is 10.6 Å². The number of benzene rings is 2. The molecular formula is C26H20ClFN2O2. The number of fused-ring (bicyclic) bond motifs is 1. The first-order valence-electron chi connectivity index (χ1n) is 9.95. The van der Waals surface area contributed by atoms with Crippen molar-refractivity contribution in [2.75, 3.05) is 0 Å². The van der Waals surface area contributed by atoms with Crippen molar-refractivity contribution in [1.29, 1.82) is 0 Å². The van der Waals surface area contributed by atoms with Crippen molar-refractivity contribution in [3.8, 4) is 11.1 Å². The van der Waals surface area contributed by atoms with Crippen LogP contribution in [0.4, 0.5) is 4.39 Å². The highest BCUT2D eigenvalue weighted by Gasteiger charge is 2.25. The molecule has 4 rings (SSSR count). The molecule has 0 spiro atoms. The topological polar surface area (TPSA) is 47.5 Å². The van der Waals surface area contributed by atoms with E-state index in [2.05, 4.69) is 18.2 Å². The Morgan fingerprint density at radius 3 is 2.69 bits per heavy atom. The zero-order valence-electron chi connectivity index (χ0n) is 17.4. The van der Waals surface area contributed by atoms with Crippen molar-refractivity contribution in [3.63, 3.8) is 0 Å². The van der Waals surface area contributed by atoms with Crippen molar-refractivity contribution in [1.82, 2.24) is 4.57 Å². The van der Waals surface area contributed by atoms with Crippen LogP contribution in [0.3, 0.4) is 0 Å². The minimum atomic E-state index is -0.469. The van der Waals surface area contributed by atoms with Gasteiger partial charge < -0.3 is 8.98 Å². The largest absolute Gasteiger partial charge is 0.458 e. The summed E-state index contributed by atoms with van der Waals surface area (Å²) in [5.74, 6) is -0.0553. The number of para-hydroxylation sites is 1. The van der Waals surface area contributed by atoms with Crippen LogP contribution in [0.25, 0.3) is 28.2 Å². The standard InChI is InChI=1S/C26H20ClFN2O2/c1-4-17-13-14-30(23(17)26(27)29-5-2)16(3)25-22(18-9-8-10-19(28)15-18)24(31)20-11-6-7-12-21(20)32-25/h4-16H,1-2H2,3H3/b29-26+. The Balaban J connectivity index is 2.03. The minimum Gasteiger partial charge on any atom is -0.458 e. The van der Waals surface area contributed by atoms with Gasteiger partial charge in [0.05, 0.1) is 22.7 Å². The van der Waals surface area contributed by atoms with Gasteiger partial charge >= 0.3 is 0 Å². The van der Waals surface area contributed by atoms with E-state index < -0.39 is 11.9 Å². The summed E-state index contributed by atoms with van der Waals surface area (Å²) in [5, 5.41) is 0.649. The van der Waals surface area contributed by atoms with Crippen LogP contribution >= 0.6 is 11.6 Å². The molecule has 0 bridgehead atoms. The molecule has 0 aliphatic carbocycles. The molecule has 1 atom stereocenters. The third kappa shape index (κ3) is 3.72. The minimum absolute atomic E-state index is 0.224. The fourth-order valence-corrected chi connectivity index (χ4v) is 4.09. The van der Waals surface area contributed by atoms with Crippen molar-refractivity contribution < 1.29 is 8.81 Å². The number of halogens is 2. The fourth-order valence-electron chi connectivity index (χ4n) is 3.81. The summed E-state index contributed by atoms with van der Waals surface area (Å²) in [6.07, 6.45) is 4.84. The molecule has 6 heteroatoms. The predicted molar refractivity (Wildman–Crippen MR) is 129 cm³/mol. The number of aromatic nitrogens is 1. The number of nitrogens with zero attached hydrogens (tertiary/aromatic N) is 2. The van der Waals surface area contributed by atoms with E-state index in [1.54, 1.807) is 42.5 Å². The molecule has 4 nitrogen and oxygen atoms in total. The SMILES string of the molecule is C=C/N=C(/Cl)c1c(C=C)ccn1C(C)c1oc2ccccc2c(=O)c1-c1cccc(F)c1. The van der Waals surface area contributed by atoms with E-state index in [4.69, 9.17) is 16.0 Å². The summed E-state index contributed by atoms with van der Waals surface area (Å²) in [6, 6.07) is 14.3. The molecule has 0 saturated heterocycles. The Morgan fingerprint density at radius 1 is 1.19 bits per heavy atom. The van der Waals surface area contributed by atoms with Crippen LogP contribution in [0.2, 0.25) is 0 Å². The molecular weight excluding hydrogens is 427 g/mol. The average molecular weight is 447 g/mol. The second-order valence-electron chi connectivity index (χ2n) is 7.19.